The van der Waals surface area contributed by atoms with Gasteiger partial charge in [0.05, 0.1) is 37.8 Å². The fourth-order valence-corrected chi connectivity index (χ4v) is 2.97. The molecule has 1 heterocycles. The van der Waals surface area contributed by atoms with Crippen LogP contribution in [0.3, 0.4) is 0 Å². The summed E-state index contributed by atoms with van der Waals surface area (Å²) in [6, 6.07) is 0. The number of ether oxygens (including phenoxy) is 3. The number of allylic oxidation sites excluding steroid dienone is 3. The Hall–Kier alpha value is -2.08. The largest absolute Gasteiger partial charge is 0.493 e. The number of nitrogens with zero attached hydrogens (tertiary/aromatic N) is 1. The fourth-order valence-electron chi connectivity index (χ4n) is 2.04. The molecule has 0 saturated heterocycles. The van der Waals surface area contributed by atoms with Gasteiger partial charge in [-0.25, -0.2) is 4.98 Å². The van der Waals surface area contributed by atoms with E-state index >= 15 is 0 Å². The summed E-state index contributed by atoms with van der Waals surface area (Å²) >= 11 is 1.37. The van der Waals surface area contributed by atoms with Crippen LogP contribution in [0.4, 0.5) is 0 Å². The molecule has 6 heteroatoms. The van der Waals surface area contributed by atoms with Crippen molar-refractivity contribution in [3.8, 4) is 0 Å². The van der Waals surface area contributed by atoms with E-state index in [-0.39, 0.29) is 5.92 Å². The Labute approximate surface area is 127 Å². The van der Waals surface area contributed by atoms with E-state index in [4.69, 9.17) is 14.2 Å². The van der Waals surface area contributed by atoms with Crippen LogP contribution in [0.15, 0.2) is 35.5 Å². The second-order valence-corrected chi connectivity index (χ2v) is 5.40. The van der Waals surface area contributed by atoms with E-state index in [1.165, 1.54) is 11.3 Å². The van der Waals surface area contributed by atoms with Crippen molar-refractivity contribution in [1.29, 1.82) is 0 Å². The van der Waals surface area contributed by atoms with E-state index < -0.39 is 0 Å². The Balaban J connectivity index is 2.45. The highest BCUT2D eigenvalue weighted by Gasteiger charge is 2.21. The maximum atomic E-state index is 11.0. The molecule has 0 amide bonds. The monoisotopic (exact) mass is 307 g/mol. The lowest BCUT2D eigenvalue weighted by Crippen LogP contribution is -2.01. The number of aromatic nitrogens is 1. The molecular weight excluding hydrogens is 290 g/mol. The summed E-state index contributed by atoms with van der Waals surface area (Å²) in [7, 11) is 4.71. The summed E-state index contributed by atoms with van der Waals surface area (Å²) in [6.45, 7) is 1.82. The molecule has 0 N–H and O–H groups in total. The zero-order valence-electron chi connectivity index (χ0n) is 12.4. The minimum atomic E-state index is -0.102. The number of hydrogen-bond donors (Lipinski definition) is 0. The third kappa shape index (κ3) is 3.00. The predicted octanol–water partition coefficient (Wildman–Crippen LogP) is 2.95. The molecule has 1 unspecified atom stereocenters. The highest BCUT2D eigenvalue weighted by molar-refractivity contribution is 7.13. The molecule has 0 fully saturated rings. The molecule has 1 aliphatic rings. The summed E-state index contributed by atoms with van der Waals surface area (Å²) in [4.78, 5) is 16.1. The van der Waals surface area contributed by atoms with Crippen LogP contribution in [0.25, 0.3) is 0 Å². The van der Waals surface area contributed by atoms with Crippen LogP contribution < -0.4 is 0 Å². The van der Waals surface area contributed by atoms with Gasteiger partial charge in [-0.1, -0.05) is 6.08 Å². The first kappa shape index (κ1) is 15.3. The number of aldehydes is 1. The Morgan fingerprint density at radius 2 is 2.00 bits per heavy atom. The van der Waals surface area contributed by atoms with Crippen LogP contribution in [-0.2, 0) is 14.2 Å². The molecule has 1 aromatic heterocycles. The maximum absolute atomic E-state index is 11.0. The molecule has 0 aliphatic heterocycles. The number of carbonyl (C=O) groups excluding carboxylic acids is 1. The van der Waals surface area contributed by atoms with E-state index in [1.807, 2.05) is 25.2 Å². The van der Waals surface area contributed by atoms with Crippen molar-refractivity contribution in [1.82, 2.24) is 4.98 Å². The van der Waals surface area contributed by atoms with Gasteiger partial charge in [-0.05, 0) is 19.1 Å². The molecule has 0 radical (unpaired) electrons. The topological polar surface area (TPSA) is 57.7 Å². The molecule has 0 spiro atoms. The van der Waals surface area contributed by atoms with Gasteiger partial charge in [0.2, 0.25) is 5.76 Å². The maximum Gasteiger partial charge on any atom is 0.202 e. The molecule has 2 rings (SSSR count). The molecule has 21 heavy (non-hydrogen) atoms. The first-order valence-corrected chi connectivity index (χ1v) is 7.15. The second kappa shape index (κ2) is 6.58. The van der Waals surface area contributed by atoms with Crippen molar-refractivity contribution >= 4 is 17.6 Å². The average Bonchev–Trinajstić information content (AvgIpc) is 2.78. The highest BCUT2D eigenvalue weighted by Crippen LogP contribution is 2.32. The van der Waals surface area contributed by atoms with Gasteiger partial charge in [-0.15, -0.1) is 11.3 Å². The quantitative estimate of drug-likeness (QED) is 0.783. The van der Waals surface area contributed by atoms with Gasteiger partial charge in [-0.2, -0.15) is 0 Å². The second-order valence-electron chi connectivity index (χ2n) is 4.34. The van der Waals surface area contributed by atoms with Gasteiger partial charge in [0.25, 0.3) is 0 Å². The van der Waals surface area contributed by atoms with E-state index in [2.05, 4.69) is 4.98 Å². The zero-order valence-corrected chi connectivity index (χ0v) is 13.2. The van der Waals surface area contributed by atoms with Crippen molar-refractivity contribution in [2.24, 2.45) is 0 Å². The lowest BCUT2D eigenvalue weighted by molar-refractivity contribution is 0.112. The van der Waals surface area contributed by atoms with Gasteiger partial charge in [0.1, 0.15) is 5.01 Å². The summed E-state index contributed by atoms with van der Waals surface area (Å²) < 4.78 is 16.1. The summed E-state index contributed by atoms with van der Waals surface area (Å²) in [5.41, 5.74) is 0.738. The molecule has 1 atom stereocenters. The molecule has 0 bridgehead atoms. The predicted molar refractivity (Wildman–Crippen MR) is 80.3 cm³/mol. The van der Waals surface area contributed by atoms with Crippen LogP contribution in [-0.4, -0.2) is 32.6 Å². The molecule has 1 aromatic rings. The molecule has 1 aliphatic carbocycles. The first-order chi connectivity index (χ1) is 10.1. The van der Waals surface area contributed by atoms with Crippen molar-refractivity contribution in [2.75, 3.05) is 21.3 Å². The minimum Gasteiger partial charge on any atom is -0.493 e. The molecule has 5 nitrogen and oxygen atoms in total. The number of hydrogen-bond acceptors (Lipinski definition) is 6. The number of rotatable bonds is 5. The Bertz CT molecular complexity index is 628. The van der Waals surface area contributed by atoms with E-state index in [0.29, 0.717) is 22.2 Å². The third-order valence-corrected chi connectivity index (χ3v) is 4.30. The van der Waals surface area contributed by atoms with E-state index in [9.17, 15) is 4.79 Å². The van der Waals surface area contributed by atoms with Crippen molar-refractivity contribution < 1.29 is 19.0 Å². The molecular formula is C15H17NO4S. The van der Waals surface area contributed by atoms with E-state index in [0.717, 1.165) is 17.0 Å². The normalized spacial score (nSPS) is 18.1. The van der Waals surface area contributed by atoms with Crippen LogP contribution in [0.2, 0.25) is 0 Å². The molecule has 0 saturated carbocycles. The van der Waals surface area contributed by atoms with Crippen LogP contribution in [0.1, 0.15) is 26.3 Å². The minimum absolute atomic E-state index is 0.102. The number of aryl methyl sites for hydroxylation is 1. The smallest absolute Gasteiger partial charge is 0.202 e. The molecule has 112 valence electrons. The summed E-state index contributed by atoms with van der Waals surface area (Å²) in [6.07, 6.45) is 6.49. The van der Waals surface area contributed by atoms with Gasteiger partial charge in [0.15, 0.2) is 17.8 Å². The summed E-state index contributed by atoms with van der Waals surface area (Å²) in [5.74, 6) is 1.58. The van der Waals surface area contributed by atoms with Crippen LogP contribution >= 0.6 is 11.3 Å². The van der Waals surface area contributed by atoms with Crippen molar-refractivity contribution in [3.05, 3.63) is 51.1 Å². The number of methoxy groups -OCH3 is 3. The Morgan fingerprint density at radius 3 is 2.52 bits per heavy atom. The average molecular weight is 307 g/mol. The van der Waals surface area contributed by atoms with Gasteiger partial charge in [0, 0.05) is 0 Å². The van der Waals surface area contributed by atoms with Gasteiger partial charge >= 0.3 is 0 Å². The lowest BCUT2D eigenvalue weighted by Gasteiger charge is -2.12. The van der Waals surface area contributed by atoms with Crippen molar-refractivity contribution in [2.45, 2.75) is 12.8 Å². The van der Waals surface area contributed by atoms with Crippen molar-refractivity contribution in [3.63, 3.8) is 0 Å². The Kier molecular flexibility index (Phi) is 4.80. The standard InChI is InChI=1S/C15H17NO4S/c1-9-13(8-17)21-15(16-9)10-5-6-11(18-2)14(20-4)12(7-10)19-3/h5-8,10H,1-4H3. The van der Waals surface area contributed by atoms with Crippen LogP contribution in [0.5, 0.6) is 0 Å². The zero-order chi connectivity index (χ0) is 15.4. The fraction of sp³-hybridized carbons (Fsp3) is 0.333. The van der Waals surface area contributed by atoms with Gasteiger partial charge < -0.3 is 14.2 Å². The number of thiazole rings is 1. The van der Waals surface area contributed by atoms with Crippen LogP contribution in [0, 0.1) is 6.92 Å². The summed E-state index contributed by atoms with van der Waals surface area (Å²) in [5, 5.41) is 0.827. The highest BCUT2D eigenvalue weighted by atomic mass is 32.1. The SMILES string of the molecule is COC1=CC(c2nc(C)c(C=O)s2)C=CC(OC)=C1OC. The lowest BCUT2D eigenvalue weighted by atomic mass is 10.1. The number of carbonyl (C=O) groups is 1. The third-order valence-electron chi connectivity index (χ3n) is 3.12. The van der Waals surface area contributed by atoms with E-state index in [1.54, 1.807) is 21.3 Å². The first-order valence-electron chi connectivity index (χ1n) is 6.33. The van der Waals surface area contributed by atoms with Gasteiger partial charge in [-0.3, -0.25) is 4.79 Å². The molecule has 0 aromatic carbocycles. The Morgan fingerprint density at radius 1 is 1.24 bits per heavy atom.